The Balaban J connectivity index is 2.39. The van der Waals surface area contributed by atoms with E-state index in [0.29, 0.717) is 16.3 Å². The molecule has 1 aromatic rings. The lowest BCUT2D eigenvalue weighted by Gasteiger charge is -2.20. The number of halogens is 1. The molecule has 1 aromatic carbocycles. The molecule has 1 heterocycles. The molecule has 0 aromatic heterocycles. The Morgan fingerprint density at radius 3 is 2.93 bits per heavy atom. The zero-order chi connectivity index (χ0) is 11.0. The maximum absolute atomic E-state index is 11.2. The predicted octanol–water partition coefficient (Wildman–Crippen LogP) is 1.50. The molecule has 1 unspecified atom stereocenters. The van der Waals surface area contributed by atoms with Gasteiger partial charge in [0.1, 0.15) is 5.75 Å². The van der Waals surface area contributed by atoms with Crippen LogP contribution in [-0.4, -0.2) is 17.0 Å². The van der Waals surface area contributed by atoms with E-state index in [9.17, 15) is 9.59 Å². The van der Waals surface area contributed by atoms with Crippen molar-refractivity contribution < 1.29 is 19.4 Å². The lowest BCUT2D eigenvalue weighted by atomic mass is 9.96. The van der Waals surface area contributed by atoms with E-state index >= 15 is 0 Å². The number of hydrogen-bond acceptors (Lipinski definition) is 3. The van der Waals surface area contributed by atoms with Crippen LogP contribution in [0.5, 0.6) is 5.75 Å². The summed E-state index contributed by atoms with van der Waals surface area (Å²) in [5.41, 5.74) is 0.648. The first-order chi connectivity index (χ1) is 7.08. The number of hydrogen-bond donors (Lipinski definition) is 1. The minimum absolute atomic E-state index is 0.129. The quantitative estimate of drug-likeness (QED) is 0.448. The molecule has 0 saturated heterocycles. The summed E-state index contributed by atoms with van der Waals surface area (Å²) in [6.45, 7) is 0. The van der Waals surface area contributed by atoms with Crippen LogP contribution in [0.15, 0.2) is 18.2 Å². The molecule has 0 aliphatic carbocycles. The van der Waals surface area contributed by atoms with E-state index in [1.165, 1.54) is 0 Å². The van der Waals surface area contributed by atoms with Gasteiger partial charge in [0.05, 0.1) is 0 Å². The maximum Gasteiger partial charge on any atom is 0.326 e. The Morgan fingerprint density at radius 1 is 1.53 bits per heavy atom. The largest absolute Gasteiger partial charge is 0.481 e. The molecule has 78 valence electrons. The SMILES string of the molecule is O=C(O)C1Cc2cc(Cl)ccc2OC1=O. The van der Waals surface area contributed by atoms with E-state index in [2.05, 4.69) is 0 Å². The van der Waals surface area contributed by atoms with Gasteiger partial charge in [-0.05, 0) is 23.8 Å². The molecule has 0 bridgehead atoms. The molecule has 5 heteroatoms. The van der Waals surface area contributed by atoms with Crippen molar-refractivity contribution in [2.45, 2.75) is 6.42 Å². The van der Waals surface area contributed by atoms with Crippen LogP contribution < -0.4 is 4.74 Å². The third-order valence-corrected chi connectivity index (χ3v) is 2.47. The normalized spacial score (nSPS) is 19.3. The maximum atomic E-state index is 11.2. The number of rotatable bonds is 1. The number of carbonyl (C=O) groups is 2. The first-order valence-electron chi connectivity index (χ1n) is 4.31. The second kappa shape index (κ2) is 3.55. The van der Waals surface area contributed by atoms with Crippen LogP contribution in [0, 0.1) is 5.92 Å². The second-order valence-electron chi connectivity index (χ2n) is 3.27. The molecule has 4 nitrogen and oxygen atoms in total. The molecule has 0 spiro atoms. The topological polar surface area (TPSA) is 63.6 Å². The number of carbonyl (C=O) groups excluding carboxylic acids is 1. The molecule has 0 saturated carbocycles. The van der Waals surface area contributed by atoms with Gasteiger partial charge in [-0.25, -0.2) is 0 Å². The van der Waals surface area contributed by atoms with Gasteiger partial charge in [-0.15, -0.1) is 0 Å². The van der Waals surface area contributed by atoms with Crippen molar-refractivity contribution in [1.82, 2.24) is 0 Å². The van der Waals surface area contributed by atoms with E-state index in [1.54, 1.807) is 18.2 Å². The molecule has 0 amide bonds. The molecule has 15 heavy (non-hydrogen) atoms. The molecule has 0 radical (unpaired) electrons. The Hall–Kier alpha value is -1.55. The highest BCUT2D eigenvalue weighted by Gasteiger charge is 2.34. The summed E-state index contributed by atoms with van der Waals surface area (Å²) in [4.78, 5) is 22.0. The highest BCUT2D eigenvalue weighted by atomic mass is 35.5. The highest BCUT2D eigenvalue weighted by molar-refractivity contribution is 6.30. The van der Waals surface area contributed by atoms with Crippen molar-refractivity contribution in [3.8, 4) is 5.75 Å². The molecule has 0 fully saturated rings. The minimum atomic E-state index is -1.18. The average molecular weight is 227 g/mol. The van der Waals surface area contributed by atoms with E-state index in [1.807, 2.05) is 0 Å². The fraction of sp³-hybridized carbons (Fsp3) is 0.200. The van der Waals surface area contributed by atoms with E-state index < -0.39 is 17.9 Å². The molecular formula is C10H7ClO4. The van der Waals surface area contributed by atoms with Gasteiger partial charge in [-0.2, -0.15) is 0 Å². The smallest absolute Gasteiger partial charge is 0.326 e. The summed E-state index contributed by atoms with van der Waals surface area (Å²) in [6, 6.07) is 4.77. The van der Waals surface area contributed by atoms with Crippen LogP contribution in [-0.2, 0) is 16.0 Å². The van der Waals surface area contributed by atoms with Crippen molar-refractivity contribution >= 4 is 23.5 Å². The number of benzene rings is 1. The van der Waals surface area contributed by atoms with Crippen LogP contribution in [0.4, 0.5) is 0 Å². The van der Waals surface area contributed by atoms with Gasteiger partial charge in [0.15, 0.2) is 5.92 Å². The Labute approximate surface area is 90.4 Å². The summed E-state index contributed by atoms with van der Waals surface area (Å²) in [6.07, 6.45) is 0.129. The lowest BCUT2D eigenvalue weighted by molar-refractivity contribution is -0.153. The molecule has 1 atom stereocenters. The van der Waals surface area contributed by atoms with Crippen molar-refractivity contribution in [3.05, 3.63) is 28.8 Å². The van der Waals surface area contributed by atoms with Crippen molar-refractivity contribution in [1.29, 1.82) is 0 Å². The fourth-order valence-electron chi connectivity index (χ4n) is 1.48. The van der Waals surface area contributed by atoms with Crippen LogP contribution in [0.1, 0.15) is 5.56 Å². The summed E-state index contributed by atoms with van der Waals surface area (Å²) in [5, 5.41) is 9.27. The number of aliphatic carboxylic acids is 1. The summed E-state index contributed by atoms with van der Waals surface area (Å²) >= 11 is 5.75. The lowest BCUT2D eigenvalue weighted by Crippen LogP contribution is -2.33. The Kier molecular flexibility index (Phi) is 2.36. The summed E-state index contributed by atoms with van der Waals surface area (Å²) < 4.78 is 4.88. The van der Waals surface area contributed by atoms with Crippen LogP contribution in [0.3, 0.4) is 0 Å². The number of fused-ring (bicyclic) bond motifs is 1. The molecule has 2 rings (SSSR count). The number of carboxylic acids is 1. The van der Waals surface area contributed by atoms with Gasteiger partial charge in [0, 0.05) is 11.4 Å². The first-order valence-corrected chi connectivity index (χ1v) is 4.68. The van der Waals surface area contributed by atoms with Crippen molar-refractivity contribution in [2.75, 3.05) is 0 Å². The molecule has 1 aliphatic rings. The molecular weight excluding hydrogens is 220 g/mol. The monoisotopic (exact) mass is 226 g/mol. The third-order valence-electron chi connectivity index (χ3n) is 2.24. The summed E-state index contributed by atoms with van der Waals surface area (Å²) in [7, 11) is 0. The van der Waals surface area contributed by atoms with Crippen LogP contribution in [0.2, 0.25) is 5.02 Å². The highest BCUT2D eigenvalue weighted by Crippen LogP contribution is 2.30. The van der Waals surface area contributed by atoms with E-state index in [-0.39, 0.29) is 6.42 Å². The zero-order valence-electron chi connectivity index (χ0n) is 7.57. The Bertz CT molecular complexity index is 441. The van der Waals surface area contributed by atoms with Gasteiger partial charge >= 0.3 is 11.9 Å². The number of ether oxygens (including phenoxy) is 1. The third kappa shape index (κ3) is 1.80. The van der Waals surface area contributed by atoms with Crippen molar-refractivity contribution in [2.24, 2.45) is 5.92 Å². The minimum Gasteiger partial charge on any atom is -0.481 e. The average Bonchev–Trinajstić information content (AvgIpc) is 2.17. The fourth-order valence-corrected chi connectivity index (χ4v) is 1.67. The Morgan fingerprint density at radius 2 is 2.27 bits per heavy atom. The van der Waals surface area contributed by atoms with Crippen molar-refractivity contribution in [3.63, 3.8) is 0 Å². The first kappa shape index (κ1) is 9.98. The predicted molar refractivity (Wildman–Crippen MR) is 51.9 cm³/mol. The van der Waals surface area contributed by atoms with Crippen LogP contribution >= 0.6 is 11.6 Å². The van der Waals surface area contributed by atoms with Gasteiger partial charge in [-0.3, -0.25) is 9.59 Å². The van der Waals surface area contributed by atoms with Crippen LogP contribution in [0.25, 0.3) is 0 Å². The number of carboxylic acid groups (broad SMARTS) is 1. The van der Waals surface area contributed by atoms with Gasteiger partial charge in [0.25, 0.3) is 0 Å². The molecule has 1 N–H and O–H groups in total. The summed E-state index contributed by atoms with van der Waals surface area (Å²) in [5.74, 6) is -2.64. The van der Waals surface area contributed by atoms with E-state index in [4.69, 9.17) is 21.4 Å². The van der Waals surface area contributed by atoms with E-state index in [0.717, 1.165) is 0 Å². The second-order valence-corrected chi connectivity index (χ2v) is 3.70. The van der Waals surface area contributed by atoms with Gasteiger partial charge < -0.3 is 9.84 Å². The van der Waals surface area contributed by atoms with Gasteiger partial charge in [-0.1, -0.05) is 11.6 Å². The standard InChI is InChI=1S/C10H7ClO4/c11-6-1-2-8-5(3-6)4-7(9(12)13)10(14)15-8/h1-3,7H,4H2,(H,12,13). The van der Waals surface area contributed by atoms with Gasteiger partial charge in [0.2, 0.25) is 0 Å². The molecule has 1 aliphatic heterocycles. The number of esters is 1. The zero-order valence-corrected chi connectivity index (χ0v) is 8.32.